The molecule has 3 fully saturated rings. The number of aromatic nitrogens is 2. The van der Waals surface area contributed by atoms with Crippen LogP contribution in [0, 0.1) is 6.92 Å². The lowest BCUT2D eigenvalue weighted by molar-refractivity contribution is -0.132. The topological polar surface area (TPSA) is 64.9 Å². The van der Waals surface area contributed by atoms with Crippen molar-refractivity contribution in [2.24, 2.45) is 0 Å². The molecular weight excluding hydrogens is 428 g/mol. The van der Waals surface area contributed by atoms with Crippen LogP contribution in [0.3, 0.4) is 0 Å². The fourth-order valence-electron chi connectivity index (χ4n) is 5.32. The third-order valence-corrected chi connectivity index (χ3v) is 7.73. The summed E-state index contributed by atoms with van der Waals surface area (Å²) in [5.74, 6) is 0.254. The molecule has 0 atom stereocenters. The molecule has 0 N–H and O–H groups in total. The van der Waals surface area contributed by atoms with E-state index in [1.807, 2.05) is 46.8 Å². The average Bonchev–Trinajstić information content (AvgIpc) is 3.04. The lowest BCUT2D eigenvalue weighted by atomic mass is 9.91. The van der Waals surface area contributed by atoms with E-state index in [9.17, 15) is 9.59 Å². The lowest BCUT2D eigenvalue weighted by Gasteiger charge is -2.37. The molecule has 1 saturated carbocycles. The number of carbonyl (C=O) groups excluding carboxylic acids is 2. The lowest BCUT2D eigenvalue weighted by Crippen LogP contribution is -2.52. The van der Waals surface area contributed by atoms with Crippen molar-refractivity contribution in [1.82, 2.24) is 29.4 Å². The average molecular weight is 465 g/mol. The summed E-state index contributed by atoms with van der Waals surface area (Å²) in [6, 6.07) is 10.6. The molecule has 34 heavy (non-hydrogen) atoms. The normalized spacial score (nSPS) is 20.7. The minimum Gasteiger partial charge on any atom is -0.340 e. The van der Waals surface area contributed by atoms with E-state index in [2.05, 4.69) is 19.8 Å². The number of amides is 2. The van der Waals surface area contributed by atoms with E-state index in [0.29, 0.717) is 25.2 Å². The summed E-state index contributed by atoms with van der Waals surface area (Å²) >= 11 is 0. The molecule has 2 saturated heterocycles. The second-order valence-corrected chi connectivity index (χ2v) is 9.81. The Morgan fingerprint density at radius 1 is 0.882 bits per heavy atom. The van der Waals surface area contributed by atoms with Crippen molar-refractivity contribution in [3.63, 3.8) is 0 Å². The molecule has 0 unspecified atom stereocenters. The Hall–Kier alpha value is -2.71. The van der Waals surface area contributed by atoms with Crippen molar-refractivity contribution in [2.45, 2.75) is 38.6 Å². The van der Waals surface area contributed by atoms with Gasteiger partial charge in [0.15, 0.2) is 0 Å². The van der Waals surface area contributed by atoms with E-state index in [-0.39, 0.29) is 11.8 Å². The number of nitrogens with zero attached hydrogens (tertiary/aromatic N) is 6. The molecule has 3 aliphatic rings. The third kappa shape index (κ3) is 4.88. The number of hydrogen-bond donors (Lipinski definition) is 0. The maximum Gasteiger partial charge on any atom is 0.257 e. The van der Waals surface area contributed by atoms with Gasteiger partial charge in [0.1, 0.15) is 0 Å². The maximum atomic E-state index is 13.2. The van der Waals surface area contributed by atoms with Crippen molar-refractivity contribution >= 4 is 11.8 Å². The second-order valence-electron chi connectivity index (χ2n) is 9.81. The number of piperazine rings is 1. The zero-order chi connectivity index (χ0) is 23.5. The van der Waals surface area contributed by atoms with E-state index < -0.39 is 0 Å². The van der Waals surface area contributed by atoms with Gasteiger partial charge in [-0.1, -0.05) is 24.6 Å². The van der Waals surface area contributed by atoms with Gasteiger partial charge in [-0.2, -0.15) is 5.10 Å². The number of benzene rings is 1. The summed E-state index contributed by atoms with van der Waals surface area (Å²) in [4.78, 5) is 34.9. The van der Waals surface area contributed by atoms with Crippen molar-refractivity contribution in [3.05, 3.63) is 47.8 Å². The van der Waals surface area contributed by atoms with Crippen LogP contribution in [-0.2, 0) is 4.79 Å². The van der Waals surface area contributed by atoms with E-state index >= 15 is 0 Å². The monoisotopic (exact) mass is 464 g/mol. The molecule has 8 heteroatoms. The molecule has 0 radical (unpaired) electrons. The van der Waals surface area contributed by atoms with Gasteiger partial charge in [-0.25, -0.2) is 4.68 Å². The summed E-state index contributed by atoms with van der Waals surface area (Å²) < 4.78 is 1.81. The summed E-state index contributed by atoms with van der Waals surface area (Å²) in [5, 5.41) is 4.45. The van der Waals surface area contributed by atoms with Gasteiger partial charge in [-0.05, 0) is 38.3 Å². The van der Waals surface area contributed by atoms with E-state index in [1.54, 1.807) is 6.20 Å². The first kappa shape index (κ1) is 23.1. The first-order valence-corrected chi connectivity index (χ1v) is 12.7. The molecule has 8 nitrogen and oxygen atoms in total. The van der Waals surface area contributed by atoms with Gasteiger partial charge in [-0.3, -0.25) is 19.4 Å². The predicted molar refractivity (Wildman–Crippen MR) is 131 cm³/mol. The van der Waals surface area contributed by atoms with Gasteiger partial charge in [0, 0.05) is 58.4 Å². The maximum absolute atomic E-state index is 13.2. The van der Waals surface area contributed by atoms with Crippen molar-refractivity contribution < 1.29 is 9.59 Å². The van der Waals surface area contributed by atoms with Crippen LogP contribution in [0.1, 0.15) is 41.7 Å². The van der Waals surface area contributed by atoms with Crippen LogP contribution in [0.2, 0.25) is 0 Å². The minimum atomic E-state index is 0.0225. The number of rotatable bonds is 5. The van der Waals surface area contributed by atoms with Crippen molar-refractivity contribution in [3.8, 4) is 5.69 Å². The Bertz CT molecular complexity index is 994. The van der Waals surface area contributed by atoms with Gasteiger partial charge in [-0.15, -0.1) is 0 Å². The Balaban J connectivity index is 1.11. The molecular formula is C26H36N6O2. The van der Waals surface area contributed by atoms with Gasteiger partial charge in [0.2, 0.25) is 5.91 Å². The van der Waals surface area contributed by atoms with E-state index in [4.69, 9.17) is 0 Å². The molecule has 1 aromatic heterocycles. The Morgan fingerprint density at radius 3 is 2.32 bits per heavy atom. The summed E-state index contributed by atoms with van der Waals surface area (Å²) in [5.41, 5.74) is 2.45. The zero-order valence-corrected chi connectivity index (χ0v) is 20.2. The van der Waals surface area contributed by atoms with Crippen LogP contribution >= 0.6 is 0 Å². The zero-order valence-electron chi connectivity index (χ0n) is 20.2. The number of carbonyl (C=O) groups is 2. The first-order chi connectivity index (χ1) is 16.6. The highest BCUT2D eigenvalue weighted by molar-refractivity contribution is 5.95. The number of hydrogen-bond acceptors (Lipinski definition) is 5. The molecule has 5 rings (SSSR count). The van der Waals surface area contributed by atoms with Crippen LogP contribution in [0.5, 0.6) is 0 Å². The Labute approximate surface area is 202 Å². The highest BCUT2D eigenvalue weighted by Crippen LogP contribution is 2.25. The third-order valence-electron chi connectivity index (χ3n) is 7.73. The van der Waals surface area contributed by atoms with Gasteiger partial charge >= 0.3 is 0 Å². The second kappa shape index (κ2) is 10.3. The number of para-hydroxylation sites is 1. The van der Waals surface area contributed by atoms with Crippen LogP contribution in [0.25, 0.3) is 5.69 Å². The Kier molecular flexibility index (Phi) is 6.97. The van der Waals surface area contributed by atoms with E-state index in [1.165, 1.54) is 19.3 Å². The molecule has 182 valence electrons. The highest BCUT2D eigenvalue weighted by Gasteiger charge is 2.30. The molecule has 2 amide bonds. The molecule has 0 spiro atoms. The van der Waals surface area contributed by atoms with Crippen LogP contribution in [-0.4, -0.2) is 106 Å². The quantitative estimate of drug-likeness (QED) is 0.678. The standard InChI is InChI=1S/C26H36N6O2/c1-21-24(19-27-32(21)23-7-3-2-4-8-23)26(34)31-15-13-28(14-16-31)20-25(33)30-12-6-11-29(17-18-30)22-9-5-10-22/h2-4,7-8,19,22H,5-6,9-18,20H2,1H3. The smallest absolute Gasteiger partial charge is 0.257 e. The highest BCUT2D eigenvalue weighted by atomic mass is 16.2. The Morgan fingerprint density at radius 2 is 1.62 bits per heavy atom. The largest absolute Gasteiger partial charge is 0.340 e. The fourth-order valence-corrected chi connectivity index (χ4v) is 5.32. The van der Waals surface area contributed by atoms with E-state index in [0.717, 1.165) is 63.1 Å². The summed E-state index contributed by atoms with van der Waals surface area (Å²) in [6.45, 7) is 8.96. The minimum absolute atomic E-state index is 0.0225. The molecule has 2 aromatic rings. The van der Waals surface area contributed by atoms with Crippen molar-refractivity contribution in [1.29, 1.82) is 0 Å². The fraction of sp³-hybridized carbons (Fsp3) is 0.577. The van der Waals surface area contributed by atoms with Gasteiger partial charge < -0.3 is 9.80 Å². The molecule has 1 aromatic carbocycles. The summed E-state index contributed by atoms with van der Waals surface area (Å²) in [7, 11) is 0. The van der Waals surface area contributed by atoms with Crippen molar-refractivity contribution in [2.75, 3.05) is 58.9 Å². The molecule has 1 aliphatic carbocycles. The predicted octanol–water partition coefficient (Wildman–Crippen LogP) is 2.03. The molecule has 3 heterocycles. The summed E-state index contributed by atoms with van der Waals surface area (Å²) in [6.07, 6.45) is 6.74. The van der Waals surface area contributed by atoms with Gasteiger partial charge in [0.25, 0.3) is 5.91 Å². The SMILES string of the molecule is Cc1c(C(=O)N2CCN(CC(=O)N3CCCN(C4CCC4)CC3)CC2)cnn1-c1ccccc1. The van der Waals surface area contributed by atoms with Crippen LogP contribution in [0.4, 0.5) is 0 Å². The first-order valence-electron chi connectivity index (χ1n) is 12.7. The molecule has 2 aliphatic heterocycles. The molecule has 0 bridgehead atoms. The van der Waals surface area contributed by atoms with Gasteiger partial charge in [0.05, 0.1) is 29.7 Å². The van der Waals surface area contributed by atoms with Crippen LogP contribution < -0.4 is 0 Å². The van der Waals surface area contributed by atoms with Crippen LogP contribution in [0.15, 0.2) is 36.5 Å².